The van der Waals surface area contributed by atoms with Gasteiger partial charge < -0.3 is 5.32 Å². The molecular formula is C15H18N4OS2. The maximum absolute atomic E-state index is 12.0. The lowest BCUT2D eigenvalue weighted by Gasteiger charge is -2.20. The van der Waals surface area contributed by atoms with Crippen molar-refractivity contribution in [2.75, 3.05) is 17.3 Å². The van der Waals surface area contributed by atoms with Gasteiger partial charge >= 0.3 is 0 Å². The average Bonchev–Trinajstić information content (AvgIpc) is 3.09. The first-order valence-corrected chi connectivity index (χ1v) is 9.41. The maximum atomic E-state index is 12.0. The zero-order valence-electron chi connectivity index (χ0n) is 12.1. The Labute approximate surface area is 138 Å². The van der Waals surface area contributed by atoms with Crippen molar-refractivity contribution in [3.63, 3.8) is 0 Å². The van der Waals surface area contributed by atoms with E-state index in [1.54, 1.807) is 11.0 Å². The highest BCUT2D eigenvalue weighted by Crippen LogP contribution is 2.26. The first kappa shape index (κ1) is 15.4. The monoisotopic (exact) mass is 334 g/mol. The molecule has 2 heterocycles. The molecule has 1 aliphatic heterocycles. The zero-order chi connectivity index (χ0) is 15.2. The summed E-state index contributed by atoms with van der Waals surface area (Å²) in [6.07, 6.45) is 3.78. The number of thioether (sulfide) groups is 2. The van der Waals surface area contributed by atoms with Crippen LogP contribution in [0.2, 0.25) is 0 Å². The number of nitrogens with zero attached hydrogens (tertiary/aromatic N) is 3. The van der Waals surface area contributed by atoms with Crippen LogP contribution >= 0.6 is 23.5 Å². The number of rotatable bonds is 5. The van der Waals surface area contributed by atoms with E-state index in [9.17, 15) is 4.79 Å². The van der Waals surface area contributed by atoms with Gasteiger partial charge in [-0.1, -0.05) is 12.1 Å². The molecule has 0 aliphatic carbocycles. The fourth-order valence-electron chi connectivity index (χ4n) is 2.28. The van der Waals surface area contributed by atoms with Gasteiger partial charge in [0.25, 0.3) is 0 Å². The average molecular weight is 334 g/mol. The molecule has 0 radical (unpaired) electrons. The summed E-state index contributed by atoms with van der Waals surface area (Å²) in [5, 5.41) is 7.58. The molecule has 0 spiro atoms. The molecule has 3 rings (SSSR count). The lowest BCUT2D eigenvalue weighted by molar-refractivity contribution is -0.121. The highest BCUT2D eigenvalue weighted by Gasteiger charge is 2.17. The molecule has 1 fully saturated rings. The Hall–Kier alpha value is -1.47. The van der Waals surface area contributed by atoms with Crippen LogP contribution < -0.4 is 5.32 Å². The summed E-state index contributed by atoms with van der Waals surface area (Å²) in [5.41, 5.74) is 2.01. The quantitative estimate of drug-likeness (QED) is 0.908. The van der Waals surface area contributed by atoms with Gasteiger partial charge in [0, 0.05) is 35.5 Å². The molecule has 1 aliphatic rings. The van der Waals surface area contributed by atoms with Crippen LogP contribution in [0.3, 0.4) is 0 Å². The summed E-state index contributed by atoms with van der Waals surface area (Å²) >= 11 is 3.86. The van der Waals surface area contributed by atoms with Gasteiger partial charge in [0.15, 0.2) is 0 Å². The molecular weight excluding hydrogens is 316 g/mol. The predicted octanol–water partition coefficient (Wildman–Crippen LogP) is 2.12. The van der Waals surface area contributed by atoms with E-state index in [2.05, 4.69) is 15.4 Å². The molecule has 2 aromatic rings. The van der Waals surface area contributed by atoms with Gasteiger partial charge in [-0.15, -0.1) is 0 Å². The number of hydrogen-bond acceptors (Lipinski definition) is 5. The van der Waals surface area contributed by atoms with E-state index in [1.807, 2.05) is 47.8 Å². The molecule has 7 heteroatoms. The van der Waals surface area contributed by atoms with Crippen molar-refractivity contribution >= 4 is 29.4 Å². The number of benzene rings is 1. The summed E-state index contributed by atoms with van der Waals surface area (Å²) in [7, 11) is 0. The van der Waals surface area contributed by atoms with Gasteiger partial charge in [0.1, 0.15) is 12.7 Å². The second kappa shape index (κ2) is 7.69. The van der Waals surface area contributed by atoms with Gasteiger partial charge in [0.2, 0.25) is 5.91 Å². The van der Waals surface area contributed by atoms with Crippen molar-refractivity contribution in [3.05, 3.63) is 42.5 Å². The third-order valence-corrected chi connectivity index (χ3v) is 6.23. The van der Waals surface area contributed by atoms with Crippen LogP contribution in [-0.4, -0.2) is 43.2 Å². The molecule has 0 bridgehead atoms. The normalized spacial score (nSPS) is 18.1. The van der Waals surface area contributed by atoms with Crippen molar-refractivity contribution in [1.29, 1.82) is 0 Å². The fourth-order valence-corrected chi connectivity index (χ4v) is 4.96. The highest BCUT2D eigenvalue weighted by atomic mass is 32.2. The summed E-state index contributed by atoms with van der Waals surface area (Å²) in [5.74, 6) is 3.58. The Morgan fingerprint density at radius 1 is 1.41 bits per heavy atom. The molecule has 22 heavy (non-hydrogen) atoms. The minimum atomic E-state index is 0.131. The second-order valence-electron chi connectivity index (χ2n) is 5.06. The smallest absolute Gasteiger partial charge is 0.221 e. The van der Waals surface area contributed by atoms with E-state index >= 15 is 0 Å². The number of amides is 1. The van der Waals surface area contributed by atoms with Gasteiger partial charge in [-0.05, 0) is 17.7 Å². The van der Waals surface area contributed by atoms with Crippen LogP contribution in [-0.2, 0) is 11.3 Å². The minimum absolute atomic E-state index is 0.131. The zero-order valence-corrected chi connectivity index (χ0v) is 13.8. The van der Waals surface area contributed by atoms with Gasteiger partial charge in [-0.2, -0.15) is 28.6 Å². The van der Waals surface area contributed by atoms with Crippen LogP contribution in [0.25, 0.3) is 5.69 Å². The van der Waals surface area contributed by atoms with E-state index in [4.69, 9.17) is 0 Å². The van der Waals surface area contributed by atoms with E-state index < -0.39 is 0 Å². The lowest BCUT2D eigenvalue weighted by atomic mass is 10.2. The Morgan fingerprint density at radius 3 is 3.14 bits per heavy atom. The van der Waals surface area contributed by atoms with E-state index in [0.717, 1.165) is 22.8 Å². The molecule has 1 N–H and O–H groups in total. The van der Waals surface area contributed by atoms with Crippen molar-refractivity contribution in [2.45, 2.75) is 18.2 Å². The SMILES string of the molecule is O=C(C[C@@H]1CSCCS1)NCc1cccc(-n2cncn2)c1. The Morgan fingerprint density at radius 2 is 2.36 bits per heavy atom. The second-order valence-corrected chi connectivity index (χ2v) is 7.62. The molecule has 1 atom stereocenters. The number of carbonyl (C=O) groups is 1. The fraction of sp³-hybridized carbons (Fsp3) is 0.400. The third kappa shape index (κ3) is 4.27. The number of aromatic nitrogens is 3. The molecule has 1 saturated heterocycles. The largest absolute Gasteiger partial charge is 0.352 e. The molecule has 1 aromatic heterocycles. The van der Waals surface area contributed by atoms with Crippen molar-refractivity contribution in [1.82, 2.24) is 20.1 Å². The van der Waals surface area contributed by atoms with Gasteiger partial charge in [-0.25, -0.2) is 9.67 Å². The molecule has 116 valence electrons. The molecule has 0 saturated carbocycles. The molecule has 5 nitrogen and oxygen atoms in total. The van der Waals surface area contributed by atoms with Crippen LogP contribution in [0.15, 0.2) is 36.9 Å². The van der Waals surface area contributed by atoms with Crippen LogP contribution in [0, 0.1) is 0 Å². The Bertz CT molecular complexity index is 612. The molecule has 0 unspecified atom stereocenters. The van der Waals surface area contributed by atoms with E-state index in [-0.39, 0.29) is 5.91 Å². The lowest BCUT2D eigenvalue weighted by Crippen LogP contribution is -2.28. The minimum Gasteiger partial charge on any atom is -0.352 e. The Kier molecular flexibility index (Phi) is 5.39. The number of hydrogen-bond donors (Lipinski definition) is 1. The summed E-state index contributed by atoms with van der Waals surface area (Å²) in [4.78, 5) is 16.0. The molecule has 1 aromatic carbocycles. The first-order chi connectivity index (χ1) is 10.8. The van der Waals surface area contributed by atoms with Gasteiger partial charge in [0.05, 0.1) is 5.69 Å². The van der Waals surface area contributed by atoms with Gasteiger partial charge in [-0.3, -0.25) is 4.79 Å². The Balaban J connectivity index is 1.52. The first-order valence-electron chi connectivity index (χ1n) is 7.21. The standard InChI is InChI=1S/C15H18N4OS2/c20-15(7-14-9-21-4-5-22-14)17-8-12-2-1-3-13(6-12)19-11-16-10-18-19/h1-3,6,10-11,14H,4-5,7-9H2,(H,17,20)/t14-/m1/s1. The summed E-state index contributed by atoms with van der Waals surface area (Å²) < 4.78 is 1.71. The number of nitrogens with one attached hydrogen (secondary N) is 1. The maximum Gasteiger partial charge on any atom is 0.221 e. The van der Waals surface area contributed by atoms with Crippen LogP contribution in [0.1, 0.15) is 12.0 Å². The van der Waals surface area contributed by atoms with E-state index in [0.29, 0.717) is 18.2 Å². The van der Waals surface area contributed by atoms with Crippen molar-refractivity contribution in [3.8, 4) is 5.69 Å². The van der Waals surface area contributed by atoms with Crippen LogP contribution in [0.4, 0.5) is 0 Å². The number of carbonyl (C=O) groups excluding carboxylic acids is 1. The van der Waals surface area contributed by atoms with Crippen molar-refractivity contribution in [2.24, 2.45) is 0 Å². The molecule has 1 amide bonds. The van der Waals surface area contributed by atoms with E-state index in [1.165, 1.54) is 12.1 Å². The topological polar surface area (TPSA) is 59.8 Å². The highest BCUT2D eigenvalue weighted by molar-refractivity contribution is 8.06. The van der Waals surface area contributed by atoms with Crippen molar-refractivity contribution < 1.29 is 4.79 Å². The van der Waals surface area contributed by atoms with Crippen LogP contribution in [0.5, 0.6) is 0 Å². The summed E-state index contributed by atoms with van der Waals surface area (Å²) in [6, 6.07) is 7.95. The summed E-state index contributed by atoms with van der Waals surface area (Å²) in [6.45, 7) is 0.548. The third-order valence-electron chi connectivity index (χ3n) is 3.38. The predicted molar refractivity (Wildman–Crippen MR) is 91.4 cm³/mol.